The summed E-state index contributed by atoms with van der Waals surface area (Å²) in [6.45, 7) is 6.79. The SMILES string of the molecule is CN(C)C[C@@]12CN(C(=O)c3cnc4c(O)cccn4c3=O)C[C@@H]1C(C)(C)C2. The maximum absolute atomic E-state index is 13.2. The molecule has 0 spiro atoms. The summed E-state index contributed by atoms with van der Waals surface area (Å²) in [6, 6.07) is 3.03. The van der Waals surface area contributed by atoms with Crippen LogP contribution in [0.3, 0.4) is 0 Å². The van der Waals surface area contributed by atoms with Gasteiger partial charge < -0.3 is 14.9 Å². The molecule has 1 saturated heterocycles. The summed E-state index contributed by atoms with van der Waals surface area (Å²) in [4.78, 5) is 34.1. The zero-order chi connectivity index (χ0) is 19.6. The van der Waals surface area contributed by atoms with Crippen molar-refractivity contribution in [2.45, 2.75) is 20.3 Å². The van der Waals surface area contributed by atoms with E-state index in [4.69, 9.17) is 0 Å². The second kappa shape index (κ2) is 5.79. The predicted octanol–water partition coefficient (Wildman–Crippen LogP) is 1.45. The van der Waals surface area contributed by atoms with Crippen LogP contribution in [0.1, 0.15) is 30.6 Å². The Morgan fingerprint density at radius 3 is 2.81 bits per heavy atom. The van der Waals surface area contributed by atoms with Crippen molar-refractivity contribution >= 4 is 11.6 Å². The van der Waals surface area contributed by atoms with E-state index in [0.717, 1.165) is 13.0 Å². The van der Waals surface area contributed by atoms with Crippen molar-refractivity contribution in [3.8, 4) is 5.75 Å². The van der Waals surface area contributed by atoms with Crippen molar-refractivity contribution in [3.63, 3.8) is 0 Å². The first-order valence-corrected chi connectivity index (χ1v) is 9.28. The number of rotatable bonds is 3. The van der Waals surface area contributed by atoms with Gasteiger partial charge in [0, 0.05) is 37.4 Å². The first kappa shape index (κ1) is 18.0. The van der Waals surface area contributed by atoms with E-state index in [0.29, 0.717) is 19.0 Å². The van der Waals surface area contributed by atoms with Crippen molar-refractivity contribution in [1.82, 2.24) is 19.2 Å². The third kappa shape index (κ3) is 2.64. The minimum Gasteiger partial charge on any atom is -0.504 e. The number of hydrogen-bond donors (Lipinski definition) is 1. The molecular formula is C20H26N4O3. The number of fused-ring (bicyclic) bond motifs is 2. The quantitative estimate of drug-likeness (QED) is 0.885. The summed E-state index contributed by atoms with van der Waals surface area (Å²) in [5.41, 5.74) is 0.0681. The fourth-order valence-corrected chi connectivity index (χ4v) is 5.53. The van der Waals surface area contributed by atoms with Gasteiger partial charge in [-0.15, -0.1) is 0 Å². The van der Waals surface area contributed by atoms with Gasteiger partial charge in [0.2, 0.25) is 0 Å². The average molecular weight is 370 g/mol. The zero-order valence-corrected chi connectivity index (χ0v) is 16.3. The molecule has 2 atom stereocenters. The van der Waals surface area contributed by atoms with Crippen molar-refractivity contribution < 1.29 is 9.90 Å². The molecular weight excluding hydrogens is 344 g/mol. The molecule has 3 heterocycles. The molecule has 1 aliphatic heterocycles. The van der Waals surface area contributed by atoms with E-state index in [1.165, 1.54) is 22.9 Å². The Hall–Kier alpha value is -2.41. The van der Waals surface area contributed by atoms with E-state index >= 15 is 0 Å². The molecule has 2 aromatic rings. The molecule has 2 fully saturated rings. The number of likely N-dealkylation sites (tertiary alicyclic amines) is 1. The molecule has 144 valence electrons. The highest BCUT2D eigenvalue weighted by Gasteiger charge is 2.63. The van der Waals surface area contributed by atoms with Gasteiger partial charge in [-0.25, -0.2) is 4.98 Å². The van der Waals surface area contributed by atoms with Gasteiger partial charge in [0.15, 0.2) is 11.4 Å². The van der Waals surface area contributed by atoms with E-state index in [2.05, 4.69) is 37.8 Å². The maximum Gasteiger partial charge on any atom is 0.270 e. The van der Waals surface area contributed by atoms with Crippen LogP contribution in [0.2, 0.25) is 0 Å². The summed E-state index contributed by atoms with van der Waals surface area (Å²) in [6.07, 6.45) is 3.89. The average Bonchev–Trinajstić information content (AvgIpc) is 2.89. The predicted molar refractivity (Wildman–Crippen MR) is 102 cm³/mol. The Morgan fingerprint density at radius 1 is 1.41 bits per heavy atom. The maximum atomic E-state index is 13.2. The molecule has 1 aliphatic carbocycles. The summed E-state index contributed by atoms with van der Waals surface area (Å²) in [5.74, 6) is 0.0737. The molecule has 4 rings (SSSR count). The Bertz CT molecular complexity index is 977. The molecule has 2 aliphatic rings. The second-order valence-electron chi connectivity index (χ2n) is 9.07. The first-order valence-electron chi connectivity index (χ1n) is 9.28. The smallest absolute Gasteiger partial charge is 0.270 e. The van der Waals surface area contributed by atoms with Gasteiger partial charge in [0.05, 0.1) is 0 Å². The minimum atomic E-state index is -0.443. The monoisotopic (exact) mass is 370 g/mol. The molecule has 7 heteroatoms. The highest BCUT2D eigenvalue weighted by Crippen LogP contribution is 2.62. The number of carbonyl (C=O) groups excluding carboxylic acids is 1. The van der Waals surface area contributed by atoms with Crippen molar-refractivity contribution in [3.05, 3.63) is 40.4 Å². The lowest BCUT2D eigenvalue weighted by atomic mass is 9.48. The lowest BCUT2D eigenvalue weighted by Gasteiger charge is -2.57. The molecule has 0 aromatic carbocycles. The van der Waals surface area contributed by atoms with Crippen LogP contribution in [0, 0.1) is 16.7 Å². The van der Waals surface area contributed by atoms with E-state index < -0.39 is 5.56 Å². The molecule has 0 bridgehead atoms. The second-order valence-corrected chi connectivity index (χ2v) is 9.07. The van der Waals surface area contributed by atoms with Gasteiger partial charge in [-0.3, -0.25) is 14.0 Å². The third-order valence-corrected chi connectivity index (χ3v) is 6.26. The standard InChI is InChI=1S/C20H26N4O3/c1-19(2)10-20(11-22(3)4)12-23(9-15(19)20)17(26)13-8-21-16-14(25)6-5-7-24(16)18(13)27/h5-8,15,25H,9-12H2,1-4H3/t15-,20+/m1/s1. The van der Waals surface area contributed by atoms with E-state index in [-0.39, 0.29) is 33.7 Å². The van der Waals surface area contributed by atoms with Crippen LogP contribution in [0.4, 0.5) is 0 Å². The van der Waals surface area contributed by atoms with Crippen molar-refractivity contribution in [2.24, 2.45) is 16.7 Å². The first-order chi connectivity index (χ1) is 12.6. The molecule has 7 nitrogen and oxygen atoms in total. The van der Waals surface area contributed by atoms with Gasteiger partial charge in [0.1, 0.15) is 5.56 Å². The molecule has 2 aromatic heterocycles. The lowest BCUT2D eigenvalue weighted by molar-refractivity contribution is -0.0789. The summed E-state index contributed by atoms with van der Waals surface area (Å²) < 4.78 is 1.23. The summed E-state index contributed by atoms with van der Waals surface area (Å²) in [7, 11) is 4.13. The van der Waals surface area contributed by atoms with Gasteiger partial charge in [-0.05, 0) is 44.0 Å². The highest BCUT2D eigenvalue weighted by molar-refractivity contribution is 5.94. The fraction of sp³-hybridized carbons (Fsp3) is 0.550. The number of amides is 1. The van der Waals surface area contributed by atoms with Gasteiger partial charge in [-0.2, -0.15) is 0 Å². The molecule has 1 saturated carbocycles. The number of carbonyl (C=O) groups is 1. The molecule has 1 amide bonds. The number of hydrogen-bond acceptors (Lipinski definition) is 5. The minimum absolute atomic E-state index is 0.0530. The van der Waals surface area contributed by atoms with E-state index in [9.17, 15) is 14.7 Å². The number of pyridine rings is 1. The van der Waals surface area contributed by atoms with Crippen LogP contribution in [0.5, 0.6) is 5.75 Å². The highest BCUT2D eigenvalue weighted by atomic mass is 16.3. The summed E-state index contributed by atoms with van der Waals surface area (Å²) >= 11 is 0. The normalized spacial score (nSPS) is 26.3. The fourth-order valence-electron chi connectivity index (χ4n) is 5.53. The summed E-state index contributed by atoms with van der Waals surface area (Å²) in [5, 5.41) is 9.87. The molecule has 0 unspecified atom stereocenters. The Balaban J connectivity index is 1.67. The van der Waals surface area contributed by atoms with Crippen LogP contribution in [-0.2, 0) is 0 Å². The largest absolute Gasteiger partial charge is 0.504 e. The van der Waals surface area contributed by atoms with E-state index in [1.54, 1.807) is 6.07 Å². The van der Waals surface area contributed by atoms with Crippen LogP contribution in [-0.4, -0.2) is 63.9 Å². The van der Waals surface area contributed by atoms with Crippen LogP contribution in [0.15, 0.2) is 29.3 Å². The number of nitrogens with zero attached hydrogens (tertiary/aromatic N) is 4. The Kier molecular flexibility index (Phi) is 3.86. The van der Waals surface area contributed by atoms with Crippen LogP contribution in [0.25, 0.3) is 5.65 Å². The lowest BCUT2D eigenvalue weighted by Crippen LogP contribution is -2.57. The Morgan fingerprint density at radius 2 is 2.15 bits per heavy atom. The van der Waals surface area contributed by atoms with E-state index in [1.807, 2.05) is 4.90 Å². The van der Waals surface area contributed by atoms with Gasteiger partial charge in [0.25, 0.3) is 11.5 Å². The zero-order valence-electron chi connectivity index (χ0n) is 16.3. The van der Waals surface area contributed by atoms with Gasteiger partial charge in [-0.1, -0.05) is 13.8 Å². The third-order valence-electron chi connectivity index (χ3n) is 6.26. The van der Waals surface area contributed by atoms with Crippen LogP contribution >= 0.6 is 0 Å². The van der Waals surface area contributed by atoms with Crippen molar-refractivity contribution in [1.29, 1.82) is 0 Å². The number of aromatic nitrogens is 2. The molecule has 0 radical (unpaired) electrons. The topological polar surface area (TPSA) is 78.2 Å². The van der Waals surface area contributed by atoms with Gasteiger partial charge >= 0.3 is 0 Å². The number of aromatic hydroxyl groups is 1. The Labute approximate surface area is 158 Å². The van der Waals surface area contributed by atoms with Crippen LogP contribution < -0.4 is 5.56 Å². The molecule has 27 heavy (non-hydrogen) atoms. The van der Waals surface area contributed by atoms with Crippen molar-refractivity contribution in [2.75, 3.05) is 33.7 Å². The molecule has 1 N–H and O–H groups in total.